The van der Waals surface area contributed by atoms with E-state index in [-0.39, 0.29) is 11.7 Å². The zero-order valence-corrected chi connectivity index (χ0v) is 25.9. The number of anilines is 2. The Morgan fingerprint density at radius 3 is 2.34 bits per heavy atom. The van der Waals surface area contributed by atoms with Crippen LogP contribution in [0.25, 0.3) is 0 Å². The number of para-hydroxylation sites is 1. The van der Waals surface area contributed by atoms with Crippen LogP contribution in [0.1, 0.15) is 28.4 Å². The molecule has 1 amide bonds. The second-order valence-corrected chi connectivity index (χ2v) is 10.7. The van der Waals surface area contributed by atoms with Crippen LogP contribution in [0.5, 0.6) is 5.75 Å². The van der Waals surface area contributed by atoms with E-state index in [1.807, 2.05) is 86.0 Å². The fourth-order valence-corrected chi connectivity index (χ4v) is 5.12. The van der Waals surface area contributed by atoms with E-state index in [2.05, 4.69) is 5.32 Å². The van der Waals surface area contributed by atoms with Crippen LogP contribution >= 0.6 is 11.8 Å². The molecule has 0 heterocycles. The Labute approximate surface area is 262 Å². The predicted molar refractivity (Wildman–Crippen MR) is 177 cm³/mol. The molecule has 4 aromatic rings. The van der Waals surface area contributed by atoms with Crippen LogP contribution in [0.15, 0.2) is 120 Å². The number of thioether (sulfide) groups is 1. The number of hydrogen-bond donors (Lipinski definition) is 1. The summed E-state index contributed by atoms with van der Waals surface area (Å²) in [4.78, 5) is 41.5. The van der Waals surface area contributed by atoms with Crippen molar-refractivity contribution in [3.05, 3.63) is 132 Å². The topological polar surface area (TPSA) is 84.9 Å². The van der Waals surface area contributed by atoms with Crippen molar-refractivity contribution in [2.75, 3.05) is 36.7 Å². The monoisotopic (exact) mass is 608 g/mol. The Morgan fingerprint density at radius 1 is 0.909 bits per heavy atom. The predicted octanol–water partition coefficient (Wildman–Crippen LogP) is 6.82. The number of carbonyl (C=O) groups excluding carboxylic acids is 3. The molecule has 0 aliphatic carbocycles. The molecule has 0 bridgehead atoms. The first-order chi connectivity index (χ1) is 21.4. The Balaban J connectivity index is 1.42. The summed E-state index contributed by atoms with van der Waals surface area (Å²) < 4.78 is 11.1. The molecular formula is C36H36N2O5S. The summed E-state index contributed by atoms with van der Waals surface area (Å²) in [7, 11) is 1.34. The summed E-state index contributed by atoms with van der Waals surface area (Å²) in [6, 6.07) is 30.7. The Morgan fingerprint density at radius 2 is 1.64 bits per heavy atom. The van der Waals surface area contributed by atoms with Gasteiger partial charge >= 0.3 is 5.97 Å². The number of nitrogens with zero attached hydrogens (tertiary/aromatic N) is 1. The number of esters is 1. The van der Waals surface area contributed by atoms with E-state index < -0.39 is 12.0 Å². The maximum atomic E-state index is 13.2. The highest BCUT2D eigenvalue weighted by molar-refractivity contribution is 7.98. The second-order valence-electron chi connectivity index (χ2n) is 9.85. The van der Waals surface area contributed by atoms with Crippen molar-refractivity contribution in [1.82, 2.24) is 0 Å². The van der Waals surface area contributed by atoms with Crippen LogP contribution in [0.4, 0.5) is 11.4 Å². The van der Waals surface area contributed by atoms with Crippen molar-refractivity contribution < 1.29 is 23.9 Å². The first-order valence-electron chi connectivity index (χ1n) is 14.3. The molecule has 0 saturated carbocycles. The summed E-state index contributed by atoms with van der Waals surface area (Å²) in [5.74, 6) is -0.0463. The van der Waals surface area contributed by atoms with Crippen LogP contribution in [0, 0.1) is 0 Å². The molecule has 0 unspecified atom stereocenters. The molecule has 0 radical (unpaired) electrons. The average Bonchev–Trinajstić information content (AvgIpc) is 3.07. The van der Waals surface area contributed by atoms with Crippen molar-refractivity contribution in [3.63, 3.8) is 0 Å². The highest BCUT2D eigenvalue weighted by Crippen LogP contribution is 2.24. The standard InChI is InChI=1S/C36H36N2O5S/c1-4-11-34(39)38(28-14-10-15-30(25-28)44-3)22-23-43-29-20-18-26(19-21-29)24-33(36(41)42-2)37-32-17-9-8-16-31(32)35(40)27-12-6-5-7-13-27/h4-21,25,33,37H,22-24H2,1-3H3/b11-4+/t33-/m0/s1. The third kappa shape index (κ3) is 8.61. The van der Waals surface area contributed by atoms with Crippen molar-refractivity contribution in [1.29, 1.82) is 0 Å². The summed E-state index contributed by atoms with van der Waals surface area (Å²) in [5.41, 5.74) is 3.28. The van der Waals surface area contributed by atoms with Gasteiger partial charge in [0, 0.05) is 33.8 Å². The van der Waals surface area contributed by atoms with Gasteiger partial charge in [-0.2, -0.15) is 0 Å². The largest absolute Gasteiger partial charge is 0.492 e. The van der Waals surface area contributed by atoms with Gasteiger partial charge in [-0.1, -0.05) is 66.7 Å². The summed E-state index contributed by atoms with van der Waals surface area (Å²) in [6.45, 7) is 2.48. The number of amides is 1. The van der Waals surface area contributed by atoms with E-state index in [4.69, 9.17) is 9.47 Å². The molecule has 4 rings (SSSR count). The SMILES string of the molecule is C/C=C/C(=O)N(CCOc1ccc(C[C@H](Nc2ccccc2C(=O)c2ccccc2)C(=O)OC)cc1)c1cccc(SC)c1. The normalized spacial score (nSPS) is 11.5. The average molecular weight is 609 g/mol. The minimum Gasteiger partial charge on any atom is -0.492 e. The lowest BCUT2D eigenvalue weighted by Gasteiger charge is -2.22. The molecule has 1 atom stereocenters. The number of ketones is 1. The van der Waals surface area contributed by atoms with Gasteiger partial charge < -0.3 is 19.7 Å². The van der Waals surface area contributed by atoms with Gasteiger partial charge in [0.05, 0.1) is 13.7 Å². The van der Waals surface area contributed by atoms with Gasteiger partial charge in [-0.25, -0.2) is 4.79 Å². The maximum absolute atomic E-state index is 13.2. The van der Waals surface area contributed by atoms with Crippen LogP contribution in [0.3, 0.4) is 0 Å². The number of benzene rings is 4. The van der Waals surface area contributed by atoms with Gasteiger partial charge in [-0.3, -0.25) is 9.59 Å². The molecule has 0 aliphatic rings. The lowest BCUT2D eigenvalue weighted by atomic mass is 10.00. The number of ether oxygens (including phenoxy) is 2. The molecule has 0 saturated heterocycles. The summed E-state index contributed by atoms with van der Waals surface area (Å²) in [6.07, 6.45) is 5.60. The minimum absolute atomic E-state index is 0.113. The van der Waals surface area contributed by atoms with Crippen LogP contribution < -0.4 is 15.0 Å². The molecule has 0 fully saturated rings. The molecule has 0 aliphatic heterocycles. The van der Waals surface area contributed by atoms with E-state index >= 15 is 0 Å². The lowest BCUT2D eigenvalue weighted by Crippen LogP contribution is -2.33. The van der Waals surface area contributed by atoms with Crippen molar-refractivity contribution in [2.45, 2.75) is 24.3 Å². The molecule has 7 nitrogen and oxygen atoms in total. The number of allylic oxidation sites excluding steroid dienone is 1. The van der Waals surface area contributed by atoms with E-state index in [9.17, 15) is 14.4 Å². The molecule has 44 heavy (non-hydrogen) atoms. The van der Waals surface area contributed by atoms with Crippen molar-refractivity contribution in [2.24, 2.45) is 0 Å². The first kappa shape index (κ1) is 32.1. The smallest absolute Gasteiger partial charge is 0.328 e. The second kappa shape index (κ2) is 16.1. The molecule has 8 heteroatoms. The van der Waals surface area contributed by atoms with E-state index in [1.54, 1.807) is 59.1 Å². The zero-order valence-electron chi connectivity index (χ0n) is 25.1. The molecule has 1 N–H and O–H groups in total. The van der Waals surface area contributed by atoms with E-state index in [1.165, 1.54) is 7.11 Å². The quantitative estimate of drug-likeness (QED) is 0.0728. The third-order valence-electron chi connectivity index (χ3n) is 6.91. The highest BCUT2D eigenvalue weighted by atomic mass is 32.2. The fraction of sp³-hybridized carbons (Fsp3) is 0.194. The van der Waals surface area contributed by atoms with E-state index in [0.29, 0.717) is 42.1 Å². The van der Waals surface area contributed by atoms with Gasteiger partial charge in [0.2, 0.25) is 0 Å². The molecule has 4 aromatic carbocycles. The van der Waals surface area contributed by atoms with E-state index in [0.717, 1.165) is 16.1 Å². The molecule has 0 spiro atoms. The summed E-state index contributed by atoms with van der Waals surface area (Å²) in [5, 5.41) is 3.23. The number of methoxy groups -OCH3 is 1. The summed E-state index contributed by atoms with van der Waals surface area (Å²) >= 11 is 1.62. The number of carbonyl (C=O) groups is 3. The van der Waals surface area contributed by atoms with Gasteiger partial charge in [-0.15, -0.1) is 11.8 Å². The Hall–Kier alpha value is -4.82. The van der Waals surface area contributed by atoms with Gasteiger partial charge in [0.25, 0.3) is 5.91 Å². The molecular weight excluding hydrogens is 572 g/mol. The van der Waals surface area contributed by atoms with Gasteiger partial charge in [-0.05, 0) is 67.3 Å². The van der Waals surface area contributed by atoms with Crippen LogP contribution in [-0.2, 0) is 20.7 Å². The van der Waals surface area contributed by atoms with Crippen LogP contribution in [0.2, 0.25) is 0 Å². The van der Waals surface area contributed by atoms with Crippen LogP contribution in [-0.4, -0.2) is 50.2 Å². The highest BCUT2D eigenvalue weighted by Gasteiger charge is 2.23. The minimum atomic E-state index is -0.722. The maximum Gasteiger partial charge on any atom is 0.328 e. The Kier molecular flexibility index (Phi) is 11.8. The fourth-order valence-electron chi connectivity index (χ4n) is 4.66. The third-order valence-corrected chi connectivity index (χ3v) is 7.64. The van der Waals surface area contributed by atoms with Gasteiger partial charge in [0.1, 0.15) is 18.4 Å². The van der Waals surface area contributed by atoms with Crippen molar-refractivity contribution >= 4 is 40.8 Å². The molecule has 226 valence electrons. The Bertz CT molecular complexity index is 1590. The van der Waals surface area contributed by atoms with Gasteiger partial charge in [0.15, 0.2) is 5.78 Å². The zero-order chi connectivity index (χ0) is 31.3. The first-order valence-corrected chi connectivity index (χ1v) is 15.5. The molecule has 0 aromatic heterocycles. The number of rotatable bonds is 14. The number of hydrogen-bond acceptors (Lipinski definition) is 7. The van der Waals surface area contributed by atoms with Crippen molar-refractivity contribution in [3.8, 4) is 5.75 Å². The number of nitrogens with one attached hydrogen (secondary N) is 1. The lowest BCUT2D eigenvalue weighted by molar-refractivity contribution is -0.141.